The molecule has 0 saturated heterocycles. The van der Waals surface area contributed by atoms with E-state index in [4.69, 9.17) is 23.2 Å². The molecule has 0 fully saturated rings. The molecule has 0 atom stereocenters. The fraction of sp³-hybridized carbons (Fsp3) is 0. The Bertz CT molecular complexity index is 742. The molecule has 0 saturated carbocycles. The van der Waals surface area contributed by atoms with E-state index in [0.29, 0.717) is 16.4 Å². The normalized spacial score (nSPS) is 11.1. The summed E-state index contributed by atoms with van der Waals surface area (Å²) in [6, 6.07) is 6.36. The van der Waals surface area contributed by atoms with E-state index in [1.165, 1.54) is 17.4 Å². The maximum Gasteiger partial charge on any atom is 0.173 e. The highest BCUT2D eigenvalue weighted by Crippen LogP contribution is 2.33. The van der Waals surface area contributed by atoms with Gasteiger partial charge in [0, 0.05) is 0 Å². The number of rotatable bonds is 1. The van der Waals surface area contributed by atoms with Crippen molar-refractivity contribution in [2.24, 2.45) is 0 Å². The van der Waals surface area contributed by atoms with Crippen LogP contribution >= 0.6 is 34.5 Å². The molecule has 3 rings (SSSR count). The van der Waals surface area contributed by atoms with Crippen molar-refractivity contribution in [2.75, 3.05) is 0 Å². The minimum absolute atomic E-state index is 0.0950. The van der Waals surface area contributed by atoms with Gasteiger partial charge in [-0.05, 0) is 23.6 Å². The monoisotopic (exact) mass is 298 g/mol. The molecular formula is C12H5Cl2FN2S. The van der Waals surface area contributed by atoms with Gasteiger partial charge in [-0.3, -0.25) is 0 Å². The van der Waals surface area contributed by atoms with E-state index < -0.39 is 5.82 Å². The lowest BCUT2D eigenvalue weighted by Crippen LogP contribution is -1.92. The lowest BCUT2D eigenvalue weighted by atomic mass is 10.2. The third-order valence-electron chi connectivity index (χ3n) is 2.45. The zero-order valence-electron chi connectivity index (χ0n) is 8.82. The Morgan fingerprint density at radius 1 is 1.11 bits per heavy atom. The van der Waals surface area contributed by atoms with Crippen LogP contribution in [0.5, 0.6) is 0 Å². The quantitative estimate of drug-likeness (QED) is 0.603. The molecule has 18 heavy (non-hydrogen) atoms. The smallest absolute Gasteiger partial charge is 0.173 e. The van der Waals surface area contributed by atoms with Crippen LogP contribution in [0, 0.1) is 5.82 Å². The second-order valence-electron chi connectivity index (χ2n) is 3.57. The van der Waals surface area contributed by atoms with Gasteiger partial charge in [-0.1, -0.05) is 29.3 Å². The minimum Gasteiger partial charge on any atom is -0.227 e. The summed E-state index contributed by atoms with van der Waals surface area (Å²) in [6.45, 7) is 0. The largest absolute Gasteiger partial charge is 0.227 e. The van der Waals surface area contributed by atoms with Gasteiger partial charge in [0.25, 0.3) is 0 Å². The number of thiophene rings is 1. The van der Waals surface area contributed by atoms with E-state index in [1.807, 2.05) is 5.38 Å². The summed E-state index contributed by atoms with van der Waals surface area (Å²) in [6.07, 6.45) is 0. The molecule has 2 heterocycles. The molecule has 0 aliphatic carbocycles. The summed E-state index contributed by atoms with van der Waals surface area (Å²) >= 11 is 13.4. The summed E-state index contributed by atoms with van der Waals surface area (Å²) in [5, 5.41) is 2.73. The molecule has 0 aliphatic heterocycles. The standard InChI is InChI=1S/C12H5Cl2FN2S/c13-6-4-5-18-10(6)12-16-8-3-1-2-7(15)9(8)11(14)17-12/h1-5H. The maximum atomic E-state index is 13.6. The average molecular weight is 299 g/mol. The van der Waals surface area contributed by atoms with Crippen LogP contribution in [0.2, 0.25) is 10.2 Å². The number of fused-ring (bicyclic) bond motifs is 1. The number of aromatic nitrogens is 2. The fourth-order valence-electron chi connectivity index (χ4n) is 1.65. The molecular weight excluding hydrogens is 294 g/mol. The lowest BCUT2D eigenvalue weighted by Gasteiger charge is -2.04. The van der Waals surface area contributed by atoms with Crippen molar-refractivity contribution in [1.29, 1.82) is 0 Å². The predicted molar refractivity (Wildman–Crippen MR) is 72.8 cm³/mol. The molecule has 0 radical (unpaired) electrons. The van der Waals surface area contributed by atoms with Gasteiger partial charge < -0.3 is 0 Å². The third kappa shape index (κ3) is 1.86. The molecule has 0 spiro atoms. The van der Waals surface area contributed by atoms with E-state index in [1.54, 1.807) is 18.2 Å². The van der Waals surface area contributed by atoms with Crippen LogP contribution in [0.1, 0.15) is 0 Å². The summed E-state index contributed by atoms with van der Waals surface area (Å²) in [4.78, 5) is 9.12. The molecule has 3 aromatic rings. The van der Waals surface area contributed by atoms with Crippen LogP contribution in [-0.4, -0.2) is 9.97 Å². The summed E-state index contributed by atoms with van der Waals surface area (Å²) in [5.74, 6) is -0.0144. The van der Waals surface area contributed by atoms with E-state index >= 15 is 0 Å². The molecule has 0 bridgehead atoms. The fourth-order valence-corrected chi connectivity index (χ4v) is 2.99. The molecule has 0 unspecified atom stereocenters. The first-order chi connectivity index (χ1) is 8.66. The molecule has 2 aromatic heterocycles. The van der Waals surface area contributed by atoms with Crippen molar-refractivity contribution in [3.05, 3.63) is 45.6 Å². The van der Waals surface area contributed by atoms with Crippen molar-refractivity contribution in [1.82, 2.24) is 9.97 Å². The Kier molecular flexibility index (Phi) is 2.93. The molecule has 0 aliphatic rings. The Labute approximate surface area is 116 Å². The number of halogens is 3. The Balaban J connectivity index is 2.32. The van der Waals surface area contributed by atoms with Gasteiger partial charge >= 0.3 is 0 Å². The highest BCUT2D eigenvalue weighted by atomic mass is 35.5. The number of benzene rings is 1. The zero-order valence-corrected chi connectivity index (χ0v) is 11.2. The van der Waals surface area contributed by atoms with Crippen LogP contribution in [-0.2, 0) is 0 Å². The number of hydrogen-bond acceptors (Lipinski definition) is 3. The Morgan fingerprint density at radius 2 is 1.94 bits per heavy atom. The average Bonchev–Trinajstić information content (AvgIpc) is 2.75. The van der Waals surface area contributed by atoms with Gasteiger partial charge in [0.2, 0.25) is 0 Å². The second-order valence-corrected chi connectivity index (χ2v) is 5.25. The molecule has 0 amide bonds. The SMILES string of the molecule is Fc1cccc2nc(-c3sccc3Cl)nc(Cl)c12. The lowest BCUT2D eigenvalue weighted by molar-refractivity contribution is 0.639. The van der Waals surface area contributed by atoms with E-state index in [2.05, 4.69) is 9.97 Å². The van der Waals surface area contributed by atoms with Crippen LogP contribution in [0.15, 0.2) is 29.6 Å². The highest BCUT2D eigenvalue weighted by Gasteiger charge is 2.14. The summed E-state index contributed by atoms with van der Waals surface area (Å²) in [7, 11) is 0. The number of hydrogen-bond donors (Lipinski definition) is 0. The van der Waals surface area contributed by atoms with Crippen LogP contribution in [0.4, 0.5) is 4.39 Å². The minimum atomic E-state index is -0.429. The maximum absolute atomic E-state index is 13.6. The third-order valence-corrected chi connectivity index (χ3v) is 4.06. The van der Waals surface area contributed by atoms with E-state index in [0.717, 1.165) is 4.88 Å². The topological polar surface area (TPSA) is 25.8 Å². The molecule has 90 valence electrons. The summed E-state index contributed by atoms with van der Waals surface area (Å²) in [5.41, 5.74) is 0.467. The van der Waals surface area contributed by atoms with E-state index in [-0.39, 0.29) is 10.5 Å². The van der Waals surface area contributed by atoms with Gasteiger partial charge in [0.15, 0.2) is 5.82 Å². The van der Waals surface area contributed by atoms with Crippen LogP contribution in [0.3, 0.4) is 0 Å². The van der Waals surface area contributed by atoms with Crippen molar-refractivity contribution < 1.29 is 4.39 Å². The number of nitrogens with zero attached hydrogens (tertiary/aromatic N) is 2. The van der Waals surface area contributed by atoms with Gasteiger partial charge in [0.1, 0.15) is 11.0 Å². The second kappa shape index (κ2) is 4.46. The molecule has 1 aromatic carbocycles. The molecule has 2 nitrogen and oxygen atoms in total. The van der Waals surface area contributed by atoms with Crippen molar-refractivity contribution >= 4 is 45.4 Å². The van der Waals surface area contributed by atoms with Crippen LogP contribution in [0.25, 0.3) is 21.6 Å². The summed E-state index contributed by atoms with van der Waals surface area (Å²) < 4.78 is 13.6. The predicted octanol–water partition coefficient (Wildman–Crippen LogP) is 4.80. The van der Waals surface area contributed by atoms with Crippen LogP contribution < -0.4 is 0 Å². The molecule has 0 N–H and O–H groups in total. The molecule has 6 heteroatoms. The van der Waals surface area contributed by atoms with Gasteiger partial charge in [-0.2, -0.15) is 0 Å². The Morgan fingerprint density at radius 3 is 2.67 bits per heavy atom. The van der Waals surface area contributed by atoms with Crippen molar-refractivity contribution in [2.45, 2.75) is 0 Å². The van der Waals surface area contributed by atoms with Gasteiger partial charge in [-0.15, -0.1) is 11.3 Å². The Hall–Kier alpha value is -1.23. The first kappa shape index (κ1) is 11.8. The first-order valence-corrected chi connectivity index (χ1v) is 6.65. The van der Waals surface area contributed by atoms with Gasteiger partial charge in [-0.25, -0.2) is 14.4 Å². The zero-order chi connectivity index (χ0) is 12.7. The van der Waals surface area contributed by atoms with Crippen molar-refractivity contribution in [3.63, 3.8) is 0 Å². The van der Waals surface area contributed by atoms with Gasteiger partial charge in [0.05, 0.1) is 20.8 Å². The van der Waals surface area contributed by atoms with E-state index in [9.17, 15) is 4.39 Å². The highest BCUT2D eigenvalue weighted by molar-refractivity contribution is 7.14. The first-order valence-electron chi connectivity index (χ1n) is 5.02. The van der Waals surface area contributed by atoms with Crippen molar-refractivity contribution in [3.8, 4) is 10.7 Å².